The molecule has 3 N–H and O–H groups in total. The van der Waals surface area contributed by atoms with Crippen LogP contribution < -0.4 is 11.1 Å². The van der Waals surface area contributed by atoms with E-state index in [1.165, 1.54) is 6.08 Å². The highest BCUT2D eigenvalue weighted by Gasteiger charge is 2.22. The predicted octanol–water partition coefficient (Wildman–Crippen LogP) is 2.92. The first-order valence-corrected chi connectivity index (χ1v) is 7.36. The van der Waals surface area contributed by atoms with E-state index in [-0.39, 0.29) is 5.97 Å². The largest absolute Gasteiger partial charge is 0.457 e. The molecule has 1 atom stereocenters. The molecule has 1 unspecified atom stereocenters. The van der Waals surface area contributed by atoms with Crippen LogP contribution in [0.3, 0.4) is 0 Å². The van der Waals surface area contributed by atoms with Crippen molar-refractivity contribution in [2.75, 3.05) is 6.54 Å². The van der Waals surface area contributed by atoms with E-state index in [2.05, 4.69) is 12.2 Å². The number of primary amides is 1. The zero-order valence-corrected chi connectivity index (χ0v) is 13.5. The number of hydrogen-bond donors (Lipinski definition) is 2. The Morgan fingerprint density at radius 1 is 1.33 bits per heavy atom. The number of nitrogens with two attached hydrogens (primary N) is 1. The van der Waals surface area contributed by atoms with Crippen molar-refractivity contribution in [1.82, 2.24) is 5.32 Å². The standard InChI is InChI=1S/C16H28N2O3/c1-5-6-9-14(19)21-16(3,4)11-10-13(2)8-7-12-18-15(17)20/h6-9,13H,5,10-12H2,1-4H3,(H3,17,18,20)/b8-7+,9-6+. The molecule has 0 spiro atoms. The van der Waals surface area contributed by atoms with Crippen molar-refractivity contribution in [2.24, 2.45) is 11.7 Å². The number of esters is 1. The summed E-state index contributed by atoms with van der Waals surface area (Å²) in [7, 11) is 0. The summed E-state index contributed by atoms with van der Waals surface area (Å²) in [6, 6.07) is -0.527. The van der Waals surface area contributed by atoms with Crippen molar-refractivity contribution in [1.29, 1.82) is 0 Å². The molecular weight excluding hydrogens is 268 g/mol. The minimum atomic E-state index is -0.527. The molecule has 0 aliphatic heterocycles. The summed E-state index contributed by atoms with van der Waals surface area (Å²) in [4.78, 5) is 22.1. The van der Waals surface area contributed by atoms with E-state index in [0.717, 1.165) is 19.3 Å². The van der Waals surface area contributed by atoms with Gasteiger partial charge in [0.25, 0.3) is 0 Å². The molecule has 0 aromatic heterocycles. The maximum atomic E-state index is 11.6. The summed E-state index contributed by atoms with van der Waals surface area (Å²) >= 11 is 0. The van der Waals surface area contributed by atoms with Crippen LogP contribution in [0.5, 0.6) is 0 Å². The first-order valence-electron chi connectivity index (χ1n) is 7.36. The molecule has 0 saturated heterocycles. The van der Waals surface area contributed by atoms with E-state index in [9.17, 15) is 9.59 Å². The van der Waals surface area contributed by atoms with Gasteiger partial charge in [0.05, 0.1) is 0 Å². The Balaban J connectivity index is 4.08. The molecule has 0 heterocycles. The SMILES string of the molecule is CC/C=C/C(=O)OC(C)(C)CCC(C)/C=C/CNC(N)=O. The molecule has 0 radical (unpaired) electrons. The molecule has 0 aliphatic carbocycles. The second kappa shape index (κ2) is 10.0. The van der Waals surface area contributed by atoms with Crippen LogP contribution >= 0.6 is 0 Å². The van der Waals surface area contributed by atoms with E-state index in [0.29, 0.717) is 12.5 Å². The van der Waals surface area contributed by atoms with Gasteiger partial charge in [-0.05, 0) is 39.0 Å². The highest BCUT2D eigenvalue weighted by Crippen LogP contribution is 2.21. The highest BCUT2D eigenvalue weighted by atomic mass is 16.6. The topological polar surface area (TPSA) is 81.4 Å². The minimum Gasteiger partial charge on any atom is -0.457 e. The summed E-state index contributed by atoms with van der Waals surface area (Å²) in [5, 5.41) is 2.49. The number of urea groups is 1. The summed E-state index contributed by atoms with van der Waals surface area (Å²) < 4.78 is 5.42. The predicted molar refractivity (Wildman–Crippen MR) is 84.7 cm³/mol. The Hall–Kier alpha value is -1.78. The van der Waals surface area contributed by atoms with Crippen molar-refractivity contribution < 1.29 is 14.3 Å². The quantitative estimate of drug-likeness (QED) is 0.390. The van der Waals surface area contributed by atoms with Gasteiger partial charge in [-0.25, -0.2) is 9.59 Å². The number of nitrogens with one attached hydrogen (secondary N) is 1. The van der Waals surface area contributed by atoms with E-state index < -0.39 is 11.6 Å². The van der Waals surface area contributed by atoms with Gasteiger partial charge in [0, 0.05) is 12.6 Å². The van der Waals surface area contributed by atoms with E-state index in [1.54, 1.807) is 6.08 Å². The average Bonchev–Trinajstić information content (AvgIpc) is 2.38. The van der Waals surface area contributed by atoms with Gasteiger partial charge >= 0.3 is 12.0 Å². The normalized spacial score (nSPS) is 13.5. The molecule has 21 heavy (non-hydrogen) atoms. The van der Waals surface area contributed by atoms with Gasteiger partial charge in [-0.15, -0.1) is 0 Å². The van der Waals surface area contributed by atoms with Gasteiger partial charge in [0.2, 0.25) is 0 Å². The lowest BCUT2D eigenvalue weighted by molar-refractivity contribution is -0.150. The van der Waals surface area contributed by atoms with Gasteiger partial charge in [0.1, 0.15) is 5.60 Å². The maximum absolute atomic E-state index is 11.6. The number of hydrogen-bond acceptors (Lipinski definition) is 3. The van der Waals surface area contributed by atoms with Gasteiger partial charge in [-0.1, -0.05) is 32.1 Å². The molecule has 0 aromatic rings. The molecule has 0 saturated carbocycles. The fourth-order valence-corrected chi connectivity index (χ4v) is 1.70. The molecular formula is C16H28N2O3. The van der Waals surface area contributed by atoms with Crippen LogP contribution in [-0.4, -0.2) is 24.1 Å². The molecule has 120 valence electrons. The van der Waals surface area contributed by atoms with Crippen molar-refractivity contribution in [3.8, 4) is 0 Å². The molecule has 0 aliphatic rings. The summed E-state index contributed by atoms with van der Waals surface area (Å²) in [5.41, 5.74) is 4.48. The number of allylic oxidation sites excluding steroid dienone is 2. The third kappa shape index (κ3) is 11.7. The fourth-order valence-electron chi connectivity index (χ4n) is 1.70. The monoisotopic (exact) mass is 296 g/mol. The number of rotatable bonds is 9. The van der Waals surface area contributed by atoms with Gasteiger partial charge in [0.15, 0.2) is 0 Å². The number of ether oxygens (including phenoxy) is 1. The van der Waals surface area contributed by atoms with Crippen molar-refractivity contribution >= 4 is 12.0 Å². The van der Waals surface area contributed by atoms with Crippen LogP contribution in [0.2, 0.25) is 0 Å². The van der Waals surface area contributed by atoms with Crippen LogP contribution in [0.4, 0.5) is 4.79 Å². The Bertz CT molecular complexity index is 387. The molecule has 0 aromatic carbocycles. The summed E-state index contributed by atoms with van der Waals surface area (Å²) in [6.07, 6.45) is 9.63. The molecule has 2 amide bonds. The number of amides is 2. The Morgan fingerprint density at radius 3 is 2.57 bits per heavy atom. The molecule has 0 rings (SSSR count). The minimum absolute atomic E-state index is 0.296. The van der Waals surface area contributed by atoms with Crippen molar-refractivity contribution in [2.45, 2.75) is 52.6 Å². The van der Waals surface area contributed by atoms with Crippen molar-refractivity contribution in [3.05, 3.63) is 24.3 Å². The van der Waals surface area contributed by atoms with Crippen LogP contribution in [-0.2, 0) is 9.53 Å². The van der Waals surface area contributed by atoms with Crippen molar-refractivity contribution in [3.63, 3.8) is 0 Å². The van der Waals surface area contributed by atoms with E-state index >= 15 is 0 Å². The second-order valence-corrected chi connectivity index (χ2v) is 5.68. The second-order valence-electron chi connectivity index (χ2n) is 5.68. The van der Waals surface area contributed by atoms with Crippen LogP contribution in [0, 0.1) is 5.92 Å². The third-order valence-electron chi connectivity index (χ3n) is 2.93. The van der Waals surface area contributed by atoms with Gasteiger partial charge in [-0.2, -0.15) is 0 Å². The molecule has 0 bridgehead atoms. The number of carbonyl (C=O) groups is 2. The zero-order chi connectivity index (χ0) is 16.3. The lowest BCUT2D eigenvalue weighted by atomic mass is 9.95. The fraction of sp³-hybridized carbons (Fsp3) is 0.625. The van der Waals surface area contributed by atoms with Crippen LogP contribution in [0.15, 0.2) is 24.3 Å². The van der Waals surface area contributed by atoms with Crippen LogP contribution in [0.1, 0.15) is 47.0 Å². The Morgan fingerprint density at radius 2 is 2.00 bits per heavy atom. The first kappa shape index (κ1) is 19.2. The Labute approximate surface area is 127 Å². The van der Waals surface area contributed by atoms with Crippen LogP contribution in [0.25, 0.3) is 0 Å². The molecule has 5 heteroatoms. The van der Waals surface area contributed by atoms with Gasteiger partial charge in [-0.3, -0.25) is 0 Å². The molecule has 0 fully saturated rings. The summed E-state index contributed by atoms with van der Waals surface area (Å²) in [6.45, 7) is 8.30. The van der Waals surface area contributed by atoms with E-state index in [1.807, 2.05) is 32.9 Å². The molecule has 5 nitrogen and oxygen atoms in total. The lowest BCUT2D eigenvalue weighted by Crippen LogP contribution is -2.29. The first-order chi connectivity index (χ1) is 9.76. The number of carbonyl (C=O) groups excluding carboxylic acids is 2. The smallest absolute Gasteiger partial charge is 0.330 e. The Kier molecular flexibility index (Phi) is 9.17. The van der Waals surface area contributed by atoms with Gasteiger partial charge < -0.3 is 15.8 Å². The summed E-state index contributed by atoms with van der Waals surface area (Å²) in [5.74, 6) is 0.0412. The van der Waals surface area contributed by atoms with E-state index in [4.69, 9.17) is 10.5 Å². The maximum Gasteiger partial charge on any atom is 0.330 e. The third-order valence-corrected chi connectivity index (χ3v) is 2.93. The average molecular weight is 296 g/mol. The zero-order valence-electron chi connectivity index (χ0n) is 13.5. The highest BCUT2D eigenvalue weighted by molar-refractivity contribution is 5.82. The lowest BCUT2D eigenvalue weighted by Gasteiger charge is -2.25.